The van der Waals surface area contributed by atoms with E-state index >= 15 is 0 Å². The van der Waals surface area contributed by atoms with E-state index in [1.54, 1.807) is 0 Å². The molecule has 3 rings (SSSR count). The number of aromatic nitrogens is 2. The van der Waals surface area contributed by atoms with Crippen molar-refractivity contribution >= 4 is 0 Å². The Balaban J connectivity index is 1.73. The van der Waals surface area contributed by atoms with Gasteiger partial charge >= 0.3 is 0 Å². The van der Waals surface area contributed by atoms with Crippen LogP contribution in [0.15, 0.2) is 0 Å². The maximum absolute atomic E-state index is 4.82. The third-order valence-electron chi connectivity index (χ3n) is 3.82. The van der Waals surface area contributed by atoms with Crippen LogP contribution in [-0.2, 0) is 12.8 Å². The van der Waals surface area contributed by atoms with Gasteiger partial charge in [0.15, 0.2) is 0 Å². The molecule has 0 amide bonds. The largest absolute Gasteiger partial charge is 0.346 e. The van der Waals surface area contributed by atoms with E-state index in [1.165, 1.54) is 49.6 Å². The van der Waals surface area contributed by atoms with Gasteiger partial charge < -0.3 is 10.3 Å². The first-order valence-electron chi connectivity index (χ1n) is 6.65. The molecule has 1 aromatic rings. The Morgan fingerprint density at radius 1 is 1.31 bits per heavy atom. The van der Waals surface area contributed by atoms with Gasteiger partial charge in [-0.3, -0.25) is 0 Å². The normalized spacial score (nSPS) is 25.2. The SMILES string of the molecule is CCc1[nH]c(CC2CCNC2)nc1C1CC1. The molecular weight excluding hydrogens is 198 g/mol. The summed E-state index contributed by atoms with van der Waals surface area (Å²) in [5, 5.41) is 3.42. The zero-order valence-corrected chi connectivity index (χ0v) is 10.1. The number of nitrogens with zero attached hydrogens (tertiary/aromatic N) is 1. The standard InChI is InChI=1S/C13H21N3/c1-2-11-13(10-3-4-10)16-12(15-11)7-9-5-6-14-8-9/h9-10,14H,2-8H2,1H3,(H,15,16). The van der Waals surface area contributed by atoms with Crippen molar-refractivity contribution < 1.29 is 0 Å². The quantitative estimate of drug-likeness (QED) is 0.813. The van der Waals surface area contributed by atoms with Crippen molar-refractivity contribution in [1.82, 2.24) is 15.3 Å². The van der Waals surface area contributed by atoms with Crippen LogP contribution < -0.4 is 5.32 Å². The Morgan fingerprint density at radius 3 is 2.81 bits per heavy atom. The van der Waals surface area contributed by atoms with Crippen LogP contribution in [0.25, 0.3) is 0 Å². The third-order valence-corrected chi connectivity index (χ3v) is 3.82. The lowest BCUT2D eigenvalue weighted by molar-refractivity contribution is 0.563. The zero-order chi connectivity index (χ0) is 11.0. The minimum absolute atomic E-state index is 0.779. The van der Waals surface area contributed by atoms with Crippen molar-refractivity contribution in [2.45, 2.75) is 44.9 Å². The monoisotopic (exact) mass is 219 g/mol. The highest BCUT2D eigenvalue weighted by atomic mass is 15.0. The Labute approximate surface area is 97.0 Å². The van der Waals surface area contributed by atoms with E-state index in [0.29, 0.717) is 0 Å². The van der Waals surface area contributed by atoms with Gasteiger partial charge in [-0.25, -0.2) is 4.98 Å². The molecule has 1 atom stereocenters. The lowest BCUT2D eigenvalue weighted by Gasteiger charge is -2.04. The minimum Gasteiger partial charge on any atom is -0.346 e. The first kappa shape index (κ1) is 10.3. The molecule has 2 heterocycles. The third kappa shape index (κ3) is 2.01. The molecule has 2 fully saturated rings. The Morgan fingerprint density at radius 2 is 2.19 bits per heavy atom. The van der Waals surface area contributed by atoms with Gasteiger partial charge in [0.1, 0.15) is 5.82 Å². The van der Waals surface area contributed by atoms with Gasteiger partial charge in [-0.05, 0) is 44.7 Å². The van der Waals surface area contributed by atoms with E-state index in [-0.39, 0.29) is 0 Å². The van der Waals surface area contributed by atoms with Gasteiger partial charge in [0.05, 0.1) is 5.69 Å². The second kappa shape index (κ2) is 4.21. The number of nitrogens with one attached hydrogen (secondary N) is 2. The van der Waals surface area contributed by atoms with Crippen LogP contribution in [0.5, 0.6) is 0 Å². The maximum atomic E-state index is 4.82. The molecule has 88 valence electrons. The summed E-state index contributed by atoms with van der Waals surface area (Å²) >= 11 is 0. The lowest BCUT2D eigenvalue weighted by atomic mass is 10.1. The number of aryl methyl sites for hydroxylation is 1. The molecule has 0 bridgehead atoms. The highest BCUT2D eigenvalue weighted by molar-refractivity contribution is 5.23. The average Bonchev–Trinajstić information content (AvgIpc) is 2.86. The molecule has 16 heavy (non-hydrogen) atoms. The molecule has 1 aliphatic carbocycles. The number of hydrogen-bond acceptors (Lipinski definition) is 2. The van der Waals surface area contributed by atoms with Crippen molar-refractivity contribution in [3.8, 4) is 0 Å². The average molecular weight is 219 g/mol. The smallest absolute Gasteiger partial charge is 0.106 e. The van der Waals surface area contributed by atoms with Crippen LogP contribution in [-0.4, -0.2) is 23.1 Å². The number of aromatic amines is 1. The van der Waals surface area contributed by atoms with Crippen molar-refractivity contribution in [2.24, 2.45) is 5.92 Å². The first-order valence-corrected chi connectivity index (χ1v) is 6.65. The summed E-state index contributed by atoms with van der Waals surface area (Å²) in [4.78, 5) is 8.36. The van der Waals surface area contributed by atoms with Crippen LogP contribution in [0, 0.1) is 5.92 Å². The van der Waals surface area contributed by atoms with Crippen molar-refractivity contribution in [1.29, 1.82) is 0 Å². The van der Waals surface area contributed by atoms with Gasteiger partial charge in [0.25, 0.3) is 0 Å². The van der Waals surface area contributed by atoms with E-state index in [2.05, 4.69) is 17.2 Å². The van der Waals surface area contributed by atoms with Gasteiger partial charge in [-0.2, -0.15) is 0 Å². The van der Waals surface area contributed by atoms with E-state index in [9.17, 15) is 0 Å². The summed E-state index contributed by atoms with van der Waals surface area (Å²) in [5.74, 6) is 2.80. The van der Waals surface area contributed by atoms with Gasteiger partial charge in [0.2, 0.25) is 0 Å². The molecule has 1 saturated heterocycles. The van der Waals surface area contributed by atoms with Crippen LogP contribution >= 0.6 is 0 Å². The fourth-order valence-electron chi connectivity index (χ4n) is 2.70. The van der Waals surface area contributed by atoms with Gasteiger partial charge in [-0.15, -0.1) is 0 Å². The molecule has 3 heteroatoms. The molecule has 2 N–H and O–H groups in total. The molecule has 0 spiro atoms. The molecule has 1 aromatic heterocycles. The minimum atomic E-state index is 0.779. The molecule has 0 radical (unpaired) electrons. The number of rotatable bonds is 4. The van der Waals surface area contributed by atoms with Crippen LogP contribution in [0.1, 0.15) is 49.3 Å². The van der Waals surface area contributed by atoms with Gasteiger partial charge in [0, 0.05) is 18.0 Å². The van der Waals surface area contributed by atoms with E-state index in [0.717, 1.165) is 24.7 Å². The number of H-pyrrole nitrogens is 1. The van der Waals surface area contributed by atoms with Crippen LogP contribution in [0.3, 0.4) is 0 Å². The topological polar surface area (TPSA) is 40.7 Å². The second-order valence-electron chi connectivity index (χ2n) is 5.24. The van der Waals surface area contributed by atoms with Crippen molar-refractivity contribution in [3.05, 3.63) is 17.2 Å². The highest BCUT2D eigenvalue weighted by Gasteiger charge is 2.29. The second-order valence-corrected chi connectivity index (χ2v) is 5.24. The summed E-state index contributed by atoms with van der Waals surface area (Å²) in [5.41, 5.74) is 2.77. The summed E-state index contributed by atoms with van der Waals surface area (Å²) in [6, 6.07) is 0. The van der Waals surface area contributed by atoms with Crippen LogP contribution in [0.2, 0.25) is 0 Å². The molecule has 3 nitrogen and oxygen atoms in total. The van der Waals surface area contributed by atoms with Crippen LogP contribution in [0.4, 0.5) is 0 Å². The summed E-state index contributed by atoms with van der Waals surface area (Å²) < 4.78 is 0. The molecule has 1 saturated carbocycles. The predicted octanol–water partition coefficient (Wildman–Crippen LogP) is 2.00. The first-order chi connectivity index (χ1) is 7.86. The Hall–Kier alpha value is -0.830. The molecule has 1 aliphatic heterocycles. The fraction of sp³-hybridized carbons (Fsp3) is 0.769. The maximum Gasteiger partial charge on any atom is 0.106 e. The number of imidazole rings is 1. The van der Waals surface area contributed by atoms with Crippen molar-refractivity contribution in [2.75, 3.05) is 13.1 Å². The molecule has 0 aromatic carbocycles. The number of hydrogen-bond donors (Lipinski definition) is 2. The Kier molecular flexibility index (Phi) is 2.72. The Bertz CT molecular complexity index is 359. The van der Waals surface area contributed by atoms with E-state index in [4.69, 9.17) is 4.98 Å². The summed E-state index contributed by atoms with van der Waals surface area (Å²) in [6.45, 7) is 4.57. The zero-order valence-electron chi connectivity index (χ0n) is 10.1. The van der Waals surface area contributed by atoms with Gasteiger partial charge in [-0.1, -0.05) is 6.92 Å². The van der Waals surface area contributed by atoms with E-state index < -0.39 is 0 Å². The molecule has 2 aliphatic rings. The van der Waals surface area contributed by atoms with Crippen molar-refractivity contribution in [3.63, 3.8) is 0 Å². The predicted molar refractivity (Wildman–Crippen MR) is 64.6 cm³/mol. The highest BCUT2D eigenvalue weighted by Crippen LogP contribution is 2.40. The summed E-state index contributed by atoms with van der Waals surface area (Å²) in [6.07, 6.45) is 6.24. The summed E-state index contributed by atoms with van der Waals surface area (Å²) in [7, 11) is 0. The molecule has 1 unspecified atom stereocenters. The fourth-order valence-corrected chi connectivity index (χ4v) is 2.70. The molecular formula is C13H21N3. The van der Waals surface area contributed by atoms with E-state index in [1.807, 2.05) is 0 Å². The lowest BCUT2D eigenvalue weighted by Crippen LogP contribution is -2.11.